The first-order chi connectivity index (χ1) is 12.8. The number of benzene rings is 3. The Morgan fingerprint density at radius 2 is 1.08 bits per heavy atom. The quantitative estimate of drug-likeness (QED) is 0.402. The van der Waals surface area contributed by atoms with Gasteiger partial charge in [-0.3, -0.25) is 4.90 Å². The summed E-state index contributed by atoms with van der Waals surface area (Å²) in [4.78, 5) is 6.24. The van der Waals surface area contributed by atoms with Crippen LogP contribution in [-0.4, -0.2) is 4.98 Å². The van der Waals surface area contributed by atoms with Gasteiger partial charge in [0.2, 0.25) is 5.95 Å². The highest BCUT2D eigenvalue weighted by Gasteiger charge is 2.19. The molecule has 0 radical (unpaired) electrons. The minimum absolute atomic E-state index is 0.503. The summed E-state index contributed by atoms with van der Waals surface area (Å²) in [5.74, 6) is 0.0603. The van der Waals surface area contributed by atoms with Crippen LogP contribution in [0.1, 0.15) is 0 Å². The first kappa shape index (κ1) is 16.0. The monoisotopic (exact) mass is 340 g/mol. The van der Waals surface area contributed by atoms with Crippen LogP contribution in [0.4, 0.5) is 21.6 Å². The van der Waals surface area contributed by atoms with Gasteiger partial charge in [-0.15, -0.1) is 0 Å². The van der Waals surface area contributed by atoms with Crippen LogP contribution >= 0.6 is 0 Å². The minimum atomic E-state index is -0.503. The van der Waals surface area contributed by atoms with E-state index in [-0.39, 0.29) is 0 Å². The second-order valence-corrected chi connectivity index (χ2v) is 5.88. The van der Waals surface area contributed by atoms with Gasteiger partial charge in [0.05, 0.1) is 0 Å². The largest absolute Gasteiger partial charge is 0.294 e. The first-order valence-electron chi connectivity index (χ1n) is 8.45. The van der Waals surface area contributed by atoms with Crippen molar-refractivity contribution < 1.29 is 4.39 Å². The van der Waals surface area contributed by atoms with Crippen LogP contribution in [0.5, 0.6) is 0 Å². The number of para-hydroxylation sites is 2. The third kappa shape index (κ3) is 3.20. The molecule has 26 heavy (non-hydrogen) atoms. The molecule has 0 aliphatic rings. The Hall–Kier alpha value is -3.46. The molecule has 0 unspecified atom stereocenters. The van der Waals surface area contributed by atoms with E-state index in [4.69, 9.17) is 0 Å². The normalized spacial score (nSPS) is 10.5. The van der Waals surface area contributed by atoms with Gasteiger partial charge < -0.3 is 0 Å². The van der Waals surface area contributed by atoms with Crippen molar-refractivity contribution in [3.05, 3.63) is 109 Å². The molecule has 0 N–H and O–H groups in total. The average Bonchev–Trinajstić information content (AvgIpc) is 2.71. The van der Waals surface area contributed by atoms with Crippen LogP contribution in [-0.2, 0) is 0 Å². The molecule has 4 rings (SSSR count). The van der Waals surface area contributed by atoms with Crippen LogP contribution in [0.2, 0.25) is 0 Å². The molecule has 4 aromatic rings. The third-order valence-corrected chi connectivity index (χ3v) is 4.17. The van der Waals surface area contributed by atoms with Crippen LogP contribution in [0.15, 0.2) is 103 Å². The van der Waals surface area contributed by atoms with Crippen LogP contribution in [0.25, 0.3) is 11.1 Å². The number of aromatic nitrogens is 1. The lowest BCUT2D eigenvalue weighted by Crippen LogP contribution is -2.13. The van der Waals surface area contributed by atoms with Gasteiger partial charge in [0, 0.05) is 16.9 Å². The van der Waals surface area contributed by atoms with E-state index >= 15 is 0 Å². The van der Waals surface area contributed by atoms with Crippen molar-refractivity contribution in [2.75, 3.05) is 4.90 Å². The number of hydrogen-bond acceptors (Lipinski definition) is 2. The molecule has 0 aliphatic carbocycles. The Kier molecular flexibility index (Phi) is 4.44. The molecule has 0 fully saturated rings. The van der Waals surface area contributed by atoms with Gasteiger partial charge in [-0.25, -0.2) is 4.98 Å². The summed E-state index contributed by atoms with van der Waals surface area (Å²) in [5, 5.41) is 0. The van der Waals surface area contributed by atoms with Gasteiger partial charge >= 0.3 is 0 Å². The second kappa shape index (κ2) is 7.19. The van der Waals surface area contributed by atoms with Crippen LogP contribution < -0.4 is 4.90 Å². The molecule has 1 aromatic heterocycles. The Labute approximate surface area is 152 Å². The molecule has 1 heterocycles. The molecule has 3 heteroatoms. The Bertz CT molecular complexity index is 947. The highest BCUT2D eigenvalue weighted by atomic mass is 19.1. The number of nitrogens with zero attached hydrogens (tertiary/aromatic N) is 2. The fourth-order valence-corrected chi connectivity index (χ4v) is 2.99. The molecule has 0 spiro atoms. The van der Waals surface area contributed by atoms with E-state index in [9.17, 15) is 4.39 Å². The van der Waals surface area contributed by atoms with Gasteiger partial charge in [-0.2, -0.15) is 4.39 Å². The zero-order valence-electron chi connectivity index (χ0n) is 14.1. The van der Waals surface area contributed by atoms with Crippen molar-refractivity contribution in [3.63, 3.8) is 0 Å². The van der Waals surface area contributed by atoms with Gasteiger partial charge in [0.1, 0.15) is 5.82 Å². The van der Waals surface area contributed by atoms with Crippen molar-refractivity contribution in [2.24, 2.45) is 0 Å². The standard InChI is InChI=1S/C23H17FN2/c24-22-17-16-21(18-10-4-1-5-11-18)23(25-22)26(19-12-6-2-7-13-19)20-14-8-3-9-15-20/h1-17H. The zero-order chi connectivity index (χ0) is 17.8. The van der Waals surface area contributed by atoms with Crippen molar-refractivity contribution in [1.29, 1.82) is 0 Å². The summed E-state index contributed by atoms with van der Waals surface area (Å²) in [6.45, 7) is 0. The summed E-state index contributed by atoms with van der Waals surface area (Å²) in [6, 6.07) is 32.9. The smallest absolute Gasteiger partial charge is 0.214 e. The van der Waals surface area contributed by atoms with Crippen molar-refractivity contribution in [1.82, 2.24) is 4.98 Å². The molecule has 2 nitrogen and oxygen atoms in total. The lowest BCUT2D eigenvalue weighted by Gasteiger charge is -2.26. The number of halogens is 1. The predicted molar refractivity (Wildman–Crippen MR) is 104 cm³/mol. The lowest BCUT2D eigenvalue weighted by atomic mass is 10.1. The fraction of sp³-hybridized carbons (Fsp3) is 0. The maximum atomic E-state index is 14.1. The minimum Gasteiger partial charge on any atom is -0.294 e. The molecule has 126 valence electrons. The summed E-state index contributed by atoms with van der Waals surface area (Å²) in [5.41, 5.74) is 3.72. The Morgan fingerprint density at radius 1 is 0.577 bits per heavy atom. The maximum absolute atomic E-state index is 14.1. The maximum Gasteiger partial charge on any atom is 0.214 e. The fourth-order valence-electron chi connectivity index (χ4n) is 2.99. The Balaban J connectivity index is 1.96. The molecule has 3 aromatic carbocycles. The molecular formula is C23H17FN2. The molecule has 0 saturated carbocycles. The van der Waals surface area contributed by atoms with Crippen molar-refractivity contribution >= 4 is 17.2 Å². The van der Waals surface area contributed by atoms with E-state index in [2.05, 4.69) is 4.98 Å². The van der Waals surface area contributed by atoms with Gasteiger partial charge in [0.25, 0.3) is 0 Å². The first-order valence-corrected chi connectivity index (χ1v) is 8.45. The van der Waals surface area contributed by atoms with E-state index in [0.29, 0.717) is 5.82 Å². The van der Waals surface area contributed by atoms with Crippen molar-refractivity contribution in [2.45, 2.75) is 0 Å². The molecule has 0 amide bonds. The zero-order valence-corrected chi connectivity index (χ0v) is 14.1. The average molecular weight is 340 g/mol. The highest BCUT2D eigenvalue weighted by Crippen LogP contribution is 2.38. The molecule has 0 atom stereocenters. The Morgan fingerprint density at radius 3 is 1.62 bits per heavy atom. The number of hydrogen-bond donors (Lipinski definition) is 0. The summed E-state index contributed by atoms with van der Waals surface area (Å²) in [6.07, 6.45) is 0. The number of anilines is 3. The van der Waals surface area contributed by atoms with E-state index < -0.39 is 5.95 Å². The third-order valence-electron chi connectivity index (χ3n) is 4.17. The van der Waals surface area contributed by atoms with Crippen LogP contribution in [0, 0.1) is 5.95 Å². The molecular weight excluding hydrogens is 323 g/mol. The van der Waals surface area contributed by atoms with E-state index in [0.717, 1.165) is 22.5 Å². The van der Waals surface area contributed by atoms with Crippen LogP contribution in [0.3, 0.4) is 0 Å². The summed E-state index contributed by atoms with van der Waals surface area (Å²) < 4.78 is 14.1. The van der Waals surface area contributed by atoms with Gasteiger partial charge in [-0.1, -0.05) is 66.7 Å². The number of pyridine rings is 1. The SMILES string of the molecule is Fc1ccc(-c2ccccc2)c(N(c2ccccc2)c2ccccc2)n1. The number of rotatable bonds is 4. The van der Waals surface area contributed by atoms with Gasteiger partial charge in [0.15, 0.2) is 0 Å². The van der Waals surface area contributed by atoms with Crippen molar-refractivity contribution in [3.8, 4) is 11.1 Å². The molecule has 0 aliphatic heterocycles. The van der Waals surface area contributed by atoms with E-state index in [1.165, 1.54) is 6.07 Å². The predicted octanol–water partition coefficient (Wildman–Crippen LogP) is 6.36. The van der Waals surface area contributed by atoms with Gasteiger partial charge in [-0.05, 0) is 42.0 Å². The summed E-state index contributed by atoms with van der Waals surface area (Å²) >= 11 is 0. The summed E-state index contributed by atoms with van der Waals surface area (Å²) in [7, 11) is 0. The molecule has 0 bridgehead atoms. The van der Waals surface area contributed by atoms with E-state index in [1.54, 1.807) is 6.07 Å². The molecule has 0 saturated heterocycles. The topological polar surface area (TPSA) is 16.1 Å². The lowest BCUT2D eigenvalue weighted by molar-refractivity contribution is 0.585. The van der Waals surface area contributed by atoms with E-state index in [1.807, 2.05) is 95.9 Å². The second-order valence-electron chi connectivity index (χ2n) is 5.88. The highest BCUT2D eigenvalue weighted by molar-refractivity contribution is 5.85.